The Morgan fingerprint density at radius 2 is 1.69 bits per heavy atom. The van der Waals surface area contributed by atoms with Crippen LogP contribution in [0.25, 0.3) is 0 Å². The Morgan fingerprint density at radius 1 is 1.12 bits per heavy atom. The van der Waals surface area contributed by atoms with Gasteiger partial charge in [-0.3, -0.25) is 4.79 Å². The molecule has 4 N–H and O–H groups in total. The third-order valence-corrected chi connectivity index (χ3v) is 5.42. The number of amides is 2. The Hall–Kier alpha value is -1.61. The zero-order valence-corrected chi connectivity index (χ0v) is 16.7. The Labute approximate surface area is 167 Å². The number of nitrogens with one attached hydrogen (secondary N) is 1. The fourth-order valence-corrected chi connectivity index (χ4v) is 3.87. The highest BCUT2D eigenvalue weighted by atomic mass is 35.5. The molecular formula is C17H24ClN3O3S2. The van der Waals surface area contributed by atoms with Gasteiger partial charge in [0.15, 0.2) is 0 Å². The van der Waals surface area contributed by atoms with E-state index in [2.05, 4.69) is 5.32 Å². The van der Waals surface area contributed by atoms with Crippen molar-refractivity contribution in [2.75, 3.05) is 6.54 Å². The summed E-state index contributed by atoms with van der Waals surface area (Å²) in [5.41, 5.74) is 6.10. The number of unbranched alkanes of at least 4 members (excludes halogenated alkanes) is 1. The molecule has 0 saturated heterocycles. The van der Waals surface area contributed by atoms with Gasteiger partial charge in [-0.25, -0.2) is 4.79 Å². The molecule has 144 valence electrons. The van der Waals surface area contributed by atoms with Gasteiger partial charge >= 0.3 is 6.09 Å². The summed E-state index contributed by atoms with van der Waals surface area (Å²) >= 11 is 3.25. The molecule has 0 radical (unpaired) electrons. The minimum absolute atomic E-state index is 0. The fraction of sp³-hybridized carbons (Fsp3) is 0.412. The lowest BCUT2D eigenvalue weighted by Gasteiger charge is -2.25. The average molecular weight is 418 g/mol. The van der Waals surface area contributed by atoms with Crippen LogP contribution in [-0.2, 0) is 17.9 Å². The van der Waals surface area contributed by atoms with E-state index in [-0.39, 0.29) is 18.3 Å². The molecule has 2 aromatic rings. The second kappa shape index (κ2) is 11.9. The summed E-state index contributed by atoms with van der Waals surface area (Å²) in [4.78, 5) is 27.2. The van der Waals surface area contributed by atoms with Crippen LogP contribution in [0, 0.1) is 0 Å². The maximum atomic E-state index is 12.8. The van der Waals surface area contributed by atoms with E-state index >= 15 is 0 Å². The Bertz CT molecular complexity index is 614. The van der Waals surface area contributed by atoms with Gasteiger partial charge in [-0.2, -0.15) is 0 Å². The van der Waals surface area contributed by atoms with Crippen molar-refractivity contribution in [1.29, 1.82) is 0 Å². The van der Waals surface area contributed by atoms with Crippen LogP contribution in [0.1, 0.15) is 29.0 Å². The number of carbonyl (C=O) groups is 2. The molecule has 0 unspecified atom stereocenters. The molecule has 0 aliphatic rings. The van der Waals surface area contributed by atoms with Crippen molar-refractivity contribution >= 4 is 47.1 Å². The van der Waals surface area contributed by atoms with Crippen molar-refractivity contribution < 1.29 is 14.7 Å². The summed E-state index contributed by atoms with van der Waals surface area (Å²) in [5, 5.41) is 14.8. The molecule has 2 aromatic heterocycles. The quantitative estimate of drug-likeness (QED) is 0.515. The number of hydrogen-bond donors (Lipinski definition) is 3. The average Bonchev–Trinajstić information content (AvgIpc) is 3.26. The summed E-state index contributed by atoms with van der Waals surface area (Å²) < 4.78 is 0. The predicted octanol–water partition coefficient (Wildman–Crippen LogP) is 3.53. The summed E-state index contributed by atoms with van der Waals surface area (Å²) in [6, 6.07) is 7.42. The molecule has 2 rings (SSSR count). The van der Waals surface area contributed by atoms with Crippen LogP contribution in [0.2, 0.25) is 0 Å². The number of halogens is 1. The van der Waals surface area contributed by atoms with E-state index in [1.54, 1.807) is 27.6 Å². The highest BCUT2D eigenvalue weighted by Gasteiger charge is 2.22. The molecule has 6 nitrogen and oxygen atoms in total. The Balaban J connectivity index is 0.00000338. The van der Waals surface area contributed by atoms with E-state index in [9.17, 15) is 9.59 Å². The first-order chi connectivity index (χ1) is 12.1. The molecule has 1 atom stereocenters. The second-order valence-corrected chi connectivity index (χ2v) is 7.75. The maximum Gasteiger partial charge on any atom is 0.404 e. The van der Waals surface area contributed by atoms with E-state index in [1.165, 1.54) is 0 Å². The lowest BCUT2D eigenvalue weighted by molar-refractivity contribution is -0.134. The van der Waals surface area contributed by atoms with Gasteiger partial charge < -0.3 is 21.1 Å². The van der Waals surface area contributed by atoms with Gasteiger partial charge in [0, 0.05) is 16.3 Å². The summed E-state index contributed by atoms with van der Waals surface area (Å²) in [5.74, 6) is -0.0620. The van der Waals surface area contributed by atoms with Crippen LogP contribution in [0.15, 0.2) is 35.0 Å². The zero-order chi connectivity index (χ0) is 18.1. The normalized spacial score (nSPS) is 11.4. The van der Waals surface area contributed by atoms with Gasteiger partial charge in [0.25, 0.3) is 0 Å². The maximum absolute atomic E-state index is 12.8. The number of nitrogens with zero attached hydrogens (tertiary/aromatic N) is 1. The van der Waals surface area contributed by atoms with E-state index < -0.39 is 12.1 Å². The molecule has 0 fully saturated rings. The fourth-order valence-electron chi connectivity index (χ4n) is 2.44. The number of rotatable bonds is 10. The zero-order valence-electron chi connectivity index (χ0n) is 14.3. The van der Waals surface area contributed by atoms with Crippen LogP contribution in [0.3, 0.4) is 0 Å². The molecule has 0 aliphatic heterocycles. The Kier molecular flexibility index (Phi) is 10.3. The third kappa shape index (κ3) is 7.74. The van der Waals surface area contributed by atoms with E-state index in [1.807, 2.05) is 35.0 Å². The standard InChI is InChI=1S/C17H23N3O3S2.ClH/c18-15(7-1-2-8-19-17(22)23)16(21)20(11-13-5-3-9-24-13)12-14-6-4-10-25-14;/h3-6,9-10,15,19H,1-2,7-8,11-12,18H2,(H,22,23);1H/t15-;/m0./s1. The summed E-state index contributed by atoms with van der Waals surface area (Å²) in [6.07, 6.45) is 0.895. The first-order valence-electron chi connectivity index (χ1n) is 8.12. The van der Waals surface area contributed by atoms with Crippen LogP contribution >= 0.6 is 35.1 Å². The molecule has 26 heavy (non-hydrogen) atoms. The third-order valence-electron chi connectivity index (χ3n) is 3.70. The topological polar surface area (TPSA) is 95.7 Å². The molecule has 0 spiro atoms. The number of carbonyl (C=O) groups excluding carboxylic acids is 1. The minimum Gasteiger partial charge on any atom is -0.465 e. The lowest BCUT2D eigenvalue weighted by atomic mass is 10.1. The molecule has 9 heteroatoms. The smallest absolute Gasteiger partial charge is 0.404 e. The minimum atomic E-state index is -1.03. The molecule has 0 aliphatic carbocycles. The van der Waals surface area contributed by atoms with Crippen molar-refractivity contribution in [2.45, 2.75) is 38.4 Å². The predicted molar refractivity (Wildman–Crippen MR) is 108 cm³/mol. The highest BCUT2D eigenvalue weighted by Crippen LogP contribution is 2.18. The molecular weight excluding hydrogens is 394 g/mol. The van der Waals surface area contributed by atoms with Gasteiger partial charge in [-0.1, -0.05) is 12.1 Å². The van der Waals surface area contributed by atoms with Crippen molar-refractivity contribution in [3.8, 4) is 0 Å². The van der Waals surface area contributed by atoms with Crippen LogP contribution in [-0.4, -0.2) is 34.6 Å². The second-order valence-electron chi connectivity index (χ2n) is 5.69. The van der Waals surface area contributed by atoms with Gasteiger partial charge in [-0.15, -0.1) is 35.1 Å². The highest BCUT2D eigenvalue weighted by molar-refractivity contribution is 7.10. The van der Waals surface area contributed by atoms with Gasteiger partial charge in [0.2, 0.25) is 5.91 Å². The van der Waals surface area contributed by atoms with Gasteiger partial charge in [0.05, 0.1) is 19.1 Å². The van der Waals surface area contributed by atoms with Gasteiger partial charge in [-0.05, 0) is 42.2 Å². The Morgan fingerprint density at radius 3 is 2.15 bits per heavy atom. The monoisotopic (exact) mass is 417 g/mol. The van der Waals surface area contributed by atoms with Crippen LogP contribution in [0.4, 0.5) is 4.79 Å². The van der Waals surface area contributed by atoms with Crippen LogP contribution in [0.5, 0.6) is 0 Å². The number of nitrogens with two attached hydrogens (primary N) is 1. The van der Waals surface area contributed by atoms with Crippen LogP contribution < -0.4 is 11.1 Å². The van der Waals surface area contributed by atoms with Crippen molar-refractivity contribution in [3.05, 3.63) is 44.8 Å². The number of carboxylic acid groups (broad SMARTS) is 1. The van der Waals surface area contributed by atoms with E-state index in [0.29, 0.717) is 38.9 Å². The number of hydrogen-bond acceptors (Lipinski definition) is 5. The summed E-state index contributed by atoms with van der Waals surface area (Å²) in [6.45, 7) is 1.50. The molecule has 2 amide bonds. The molecule has 2 heterocycles. The molecule has 0 bridgehead atoms. The van der Waals surface area contributed by atoms with E-state index in [0.717, 1.165) is 9.75 Å². The van der Waals surface area contributed by atoms with Crippen molar-refractivity contribution in [3.63, 3.8) is 0 Å². The van der Waals surface area contributed by atoms with Gasteiger partial charge in [0.1, 0.15) is 0 Å². The number of thiophene rings is 2. The first-order valence-corrected chi connectivity index (χ1v) is 9.88. The molecule has 0 aromatic carbocycles. The molecule has 0 saturated carbocycles. The SMILES string of the molecule is Cl.N[C@@H](CCCCNC(=O)O)C(=O)N(Cc1cccs1)Cc1cccs1. The lowest BCUT2D eigenvalue weighted by Crippen LogP contribution is -2.42. The van der Waals surface area contributed by atoms with Crippen molar-refractivity contribution in [1.82, 2.24) is 10.2 Å². The largest absolute Gasteiger partial charge is 0.465 e. The summed E-state index contributed by atoms with van der Waals surface area (Å²) in [7, 11) is 0. The van der Waals surface area contributed by atoms with Crippen molar-refractivity contribution in [2.24, 2.45) is 5.73 Å². The first kappa shape index (κ1) is 22.4. The van der Waals surface area contributed by atoms with E-state index in [4.69, 9.17) is 10.8 Å².